The van der Waals surface area contributed by atoms with Crippen LogP contribution in [0.4, 0.5) is 0 Å². The lowest BCUT2D eigenvalue weighted by Gasteiger charge is -2.32. The van der Waals surface area contributed by atoms with Gasteiger partial charge >= 0.3 is 29.8 Å². The Morgan fingerprint density at radius 3 is 1.32 bits per heavy atom. The van der Waals surface area contributed by atoms with E-state index in [0.717, 1.165) is 9.80 Å². The van der Waals surface area contributed by atoms with Gasteiger partial charge in [-0.2, -0.15) is 0 Å². The second-order valence-corrected chi connectivity index (χ2v) is 6.17. The van der Waals surface area contributed by atoms with E-state index >= 15 is 0 Å². The molecule has 13 nitrogen and oxygen atoms in total. The van der Waals surface area contributed by atoms with Crippen molar-refractivity contribution in [3.05, 3.63) is 0 Å². The van der Waals surface area contributed by atoms with Crippen molar-refractivity contribution in [2.75, 3.05) is 52.4 Å². The molecule has 0 spiro atoms. The summed E-state index contributed by atoms with van der Waals surface area (Å²) in [7, 11) is 0. The summed E-state index contributed by atoms with van der Waals surface area (Å²) >= 11 is 0. The SMILES string of the molecule is CC(CN(CC(=O)O)CC(=O)O)N(CCN(CC(=O)O)CC(=O)O)CC(=O)O. The first kappa shape index (κ1) is 25.2. The molecule has 0 radical (unpaired) electrons. The van der Waals surface area contributed by atoms with Crippen LogP contribution in [0.3, 0.4) is 0 Å². The summed E-state index contributed by atoms with van der Waals surface area (Å²) in [6.45, 7) is -1.25. The van der Waals surface area contributed by atoms with Gasteiger partial charge in [0.1, 0.15) is 0 Å². The Bertz CT molecular complexity index is 550. The number of carbonyl (C=O) groups is 5. The lowest BCUT2D eigenvalue weighted by molar-refractivity contribution is -0.143. The van der Waals surface area contributed by atoms with E-state index in [0.29, 0.717) is 0 Å². The van der Waals surface area contributed by atoms with Crippen molar-refractivity contribution < 1.29 is 49.5 Å². The maximum Gasteiger partial charge on any atom is 0.317 e. The smallest absolute Gasteiger partial charge is 0.317 e. The number of nitrogens with zero attached hydrogens (tertiary/aromatic N) is 3. The summed E-state index contributed by atoms with van der Waals surface area (Å²) in [6, 6.07) is -0.591. The summed E-state index contributed by atoms with van der Waals surface area (Å²) in [5.41, 5.74) is 0. The molecule has 0 aliphatic rings. The third-order valence-electron chi connectivity index (χ3n) is 3.62. The minimum Gasteiger partial charge on any atom is -0.480 e. The molecule has 1 unspecified atom stereocenters. The second-order valence-electron chi connectivity index (χ2n) is 6.17. The van der Waals surface area contributed by atoms with Crippen LogP contribution in [0, 0.1) is 0 Å². The fourth-order valence-electron chi connectivity index (χ4n) is 2.55. The van der Waals surface area contributed by atoms with E-state index in [1.165, 1.54) is 4.90 Å². The van der Waals surface area contributed by atoms with E-state index in [9.17, 15) is 24.0 Å². The van der Waals surface area contributed by atoms with Crippen molar-refractivity contribution in [3.8, 4) is 0 Å². The average Bonchev–Trinajstić information content (AvgIpc) is 2.47. The molecular formula is C15H25N3O10. The van der Waals surface area contributed by atoms with Crippen molar-refractivity contribution >= 4 is 29.8 Å². The van der Waals surface area contributed by atoms with Crippen LogP contribution in [0.5, 0.6) is 0 Å². The Balaban J connectivity index is 5.11. The number of aliphatic carboxylic acids is 5. The molecule has 0 aromatic heterocycles. The molecule has 1 atom stereocenters. The highest BCUT2D eigenvalue weighted by molar-refractivity contribution is 5.73. The van der Waals surface area contributed by atoms with Crippen LogP contribution in [0.1, 0.15) is 6.92 Å². The monoisotopic (exact) mass is 407 g/mol. The maximum absolute atomic E-state index is 11.1. The second kappa shape index (κ2) is 12.6. The molecule has 160 valence electrons. The molecule has 0 aliphatic heterocycles. The number of carboxylic acid groups (broad SMARTS) is 5. The van der Waals surface area contributed by atoms with Gasteiger partial charge in [-0.1, -0.05) is 0 Å². The van der Waals surface area contributed by atoms with Gasteiger partial charge in [0, 0.05) is 25.7 Å². The summed E-state index contributed by atoms with van der Waals surface area (Å²) in [4.78, 5) is 58.2. The predicted molar refractivity (Wildman–Crippen MR) is 92.1 cm³/mol. The highest BCUT2D eigenvalue weighted by atomic mass is 16.4. The molecular weight excluding hydrogens is 382 g/mol. The van der Waals surface area contributed by atoms with Crippen LogP contribution in [-0.4, -0.2) is 128 Å². The molecule has 0 bridgehead atoms. The van der Waals surface area contributed by atoms with Gasteiger partial charge in [-0.3, -0.25) is 38.7 Å². The molecule has 0 saturated carbocycles. The van der Waals surface area contributed by atoms with Crippen LogP contribution in [0.25, 0.3) is 0 Å². The maximum atomic E-state index is 11.1. The minimum absolute atomic E-state index is 0.0119. The fourth-order valence-corrected chi connectivity index (χ4v) is 2.55. The highest BCUT2D eigenvalue weighted by Crippen LogP contribution is 2.04. The van der Waals surface area contributed by atoms with Crippen molar-refractivity contribution in [3.63, 3.8) is 0 Å². The Morgan fingerprint density at radius 2 is 0.964 bits per heavy atom. The van der Waals surface area contributed by atoms with Gasteiger partial charge in [-0.15, -0.1) is 0 Å². The molecule has 0 saturated heterocycles. The zero-order valence-corrected chi connectivity index (χ0v) is 15.4. The fraction of sp³-hybridized carbons (Fsp3) is 0.667. The van der Waals surface area contributed by atoms with Gasteiger partial charge in [0.15, 0.2) is 0 Å². The topological polar surface area (TPSA) is 196 Å². The van der Waals surface area contributed by atoms with E-state index in [-0.39, 0.29) is 19.6 Å². The van der Waals surface area contributed by atoms with Crippen molar-refractivity contribution in [2.24, 2.45) is 0 Å². The lowest BCUT2D eigenvalue weighted by Crippen LogP contribution is -2.49. The van der Waals surface area contributed by atoms with Gasteiger partial charge in [0.25, 0.3) is 0 Å². The van der Waals surface area contributed by atoms with E-state index < -0.39 is 68.6 Å². The summed E-state index contributed by atoms with van der Waals surface area (Å²) in [5, 5.41) is 44.5. The van der Waals surface area contributed by atoms with Gasteiger partial charge < -0.3 is 25.5 Å². The first-order chi connectivity index (χ1) is 12.9. The standard InChI is InChI=1S/C15H25N3O10/c1-10(4-17(7-13(23)24)8-14(25)26)18(9-15(27)28)3-2-16(5-11(19)20)6-12(21)22/h10H,2-9H2,1H3,(H,19,20)(H,21,22)(H,23,24)(H,25,26)(H,27,28). The van der Waals surface area contributed by atoms with Gasteiger partial charge in [0.2, 0.25) is 0 Å². The molecule has 0 amide bonds. The van der Waals surface area contributed by atoms with E-state index in [4.69, 9.17) is 25.5 Å². The third kappa shape index (κ3) is 12.6. The Hall–Kier alpha value is -2.77. The van der Waals surface area contributed by atoms with Crippen LogP contribution in [0.2, 0.25) is 0 Å². The van der Waals surface area contributed by atoms with Gasteiger partial charge in [-0.05, 0) is 6.92 Å². The molecule has 0 aromatic carbocycles. The quantitative estimate of drug-likeness (QED) is 0.183. The molecule has 5 N–H and O–H groups in total. The van der Waals surface area contributed by atoms with Crippen LogP contribution in [0.15, 0.2) is 0 Å². The summed E-state index contributed by atoms with van der Waals surface area (Å²) in [5.74, 6) is -6.17. The minimum atomic E-state index is -1.24. The van der Waals surface area contributed by atoms with E-state index in [2.05, 4.69) is 0 Å². The molecule has 0 rings (SSSR count). The molecule has 0 aliphatic carbocycles. The first-order valence-electron chi connectivity index (χ1n) is 8.18. The Morgan fingerprint density at radius 1 is 0.607 bits per heavy atom. The Labute approximate surface area is 160 Å². The predicted octanol–water partition coefficient (Wildman–Crippen LogP) is -2.30. The van der Waals surface area contributed by atoms with Crippen molar-refractivity contribution in [2.45, 2.75) is 13.0 Å². The first-order valence-corrected chi connectivity index (χ1v) is 8.18. The van der Waals surface area contributed by atoms with Crippen LogP contribution >= 0.6 is 0 Å². The number of hydrogen-bond acceptors (Lipinski definition) is 8. The molecule has 0 heterocycles. The van der Waals surface area contributed by atoms with E-state index in [1.807, 2.05) is 0 Å². The number of rotatable bonds is 16. The zero-order chi connectivity index (χ0) is 21.9. The third-order valence-corrected chi connectivity index (χ3v) is 3.62. The lowest BCUT2D eigenvalue weighted by atomic mass is 10.2. The van der Waals surface area contributed by atoms with Gasteiger partial charge in [-0.25, -0.2) is 0 Å². The summed E-state index contributed by atoms with van der Waals surface area (Å²) in [6.07, 6.45) is 0. The molecule has 13 heteroatoms. The molecule has 0 aromatic rings. The average molecular weight is 407 g/mol. The number of hydrogen-bond donors (Lipinski definition) is 5. The van der Waals surface area contributed by atoms with E-state index in [1.54, 1.807) is 6.92 Å². The molecule has 28 heavy (non-hydrogen) atoms. The largest absolute Gasteiger partial charge is 0.480 e. The van der Waals surface area contributed by atoms with Crippen molar-refractivity contribution in [1.82, 2.24) is 14.7 Å². The van der Waals surface area contributed by atoms with Crippen LogP contribution < -0.4 is 0 Å². The molecule has 0 fully saturated rings. The normalized spacial score (nSPS) is 12.3. The van der Waals surface area contributed by atoms with Crippen LogP contribution in [-0.2, 0) is 24.0 Å². The summed E-state index contributed by atoms with van der Waals surface area (Å²) < 4.78 is 0. The number of carboxylic acids is 5. The van der Waals surface area contributed by atoms with Crippen molar-refractivity contribution in [1.29, 1.82) is 0 Å². The Kier molecular flexibility index (Phi) is 11.3. The zero-order valence-electron chi connectivity index (χ0n) is 15.4. The highest BCUT2D eigenvalue weighted by Gasteiger charge is 2.23. The van der Waals surface area contributed by atoms with Gasteiger partial charge in [0.05, 0.1) is 32.7 Å².